The Bertz CT molecular complexity index is 799. The second-order valence-electron chi connectivity index (χ2n) is 7.08. The van der Waals surface area contributed by atoms with Gasteiger partial charge in [-0.3, -0.25) is 24.1 Å². The average molecular weight is 354 g/mol. The minimum absolute atomic E-state index is 0.0931. The molecule has 4 atom stereocenters. The number of hydrogen-bond acceptors (Lipinski definition) is 4. The maximum absolute atomic E-state index is 12.6. The highest BCUT2D eigenvalue weighted by Crippen LogP contribution is 2.52. The Hall–Kier alpha value is -2.96. The molecule has 1 saturated carbocycles. The van der Waals surface area contributed by atoms with Gasteiger partial charge in [-0.05, 0) is 36.0 Å². The third kappa shape index (κ3) is 2.69. The van der Waals surface area contributed by atoms with E-state index in [0.717, 1.165) is 11.3 Å². The van der Waals surface area contributed by atoms with Gasteiger partial charge < -0.3 is 10.4 Å². The predicted molar refractivity (Wildman–Crippen MR) is 90.8 cm³/mol. The molecular weight excluding hydrogens is 336 g/mol. The number of carboxylic acid groups (broad SMARTS) is 1. The van der Waals surface area contributed by atoms with Gasteiger partial charge in [0.25, 0.3) is 0 Å². The van der Waals surface area contributed by atoms with E-state index in [9.17, 15) is 19.2 Å². The Kier molecular flexibility index (Phi) is 3.86. The highest BCUT2D eigenvalue weighted by molar-refractivity contribution is 6.09. The summed E-state index contributed by atoms with van der Waals surface area (Å²) in [6.45, 7) is -0.291. The monoisotopic (exact) mass is 354 g/mol. The molecule has 3 aliphatic rings. The van der Waals surface area contributed by atoms with Crippen LogP contribution in [0.15, 0.2) is 36.4 Å². The van der Waals surface area contributed by atoms with Crippen LogP contribution in [0.3, 0.4) is 0 Å². The number of carboxylic acids is 1. The molecule has 1 heterocycles. The number of imide groups is 1. The fourth-order valence-electron chi connectivity index (χ4n) is 4.34. The Morgan fingerprint density at radius 2 is 1.62 bits per heavy atom. The van der Waals surface area contributed by atoms with Gasteiger partial charge in [-0.2, -0.15) is 0 Å². The van der Waals surface area contributed by atoms with Crippen molar-refractivity contribution in [1.82, 2.24) is 4.90 Å². The van der Waals surface area contributed by atoms with Gasteiger partial charge in [0.15, 0.2) is 0 Å². The Morgan fingerprint density at radius 3 is 2.15 bits per heavy atom. The molecule has 1 aromatic rings. The van der Waals surface area contributed by atoms with Crippen molar-refractivity contribution in [3.8, 4) is 0 Å². The number of fused-ring (bicyclic) bond motifs is 5. The Balaban J connectivity index is 1.39. The van der Waals surface area contributed by atoms with E-state index in [1.807, 2.05) is 12.2 Å². The number of nitrogens with zero attached hydrogens (tertiary/aromatic N) is 1. The zero-order valence-electron chi connectivity index (χ0n) is 13.9. The van der Waals surface area contributed by atoms with Crippen molar-refractivity contribution in [2.24, 2.45) is 23.7 Å². The van der Waals surface area contributed by atoms with Gasteiger partial charge in [0.1, 0.15) is 6.54 Å². The summed E-state index contributed by atoms with van der Waals surface area (Å²) in [4.78, 5) is 49.1. The van der Waals surface area contributed by atoms with Crippen LogP contribution >= 0.6 is 0 Å². The summed E-state index contributed by atoms with van der Waals surface area (Å²) in [5, 5.41) is 11.4. The molecule has 1 aliphatic heterocycles. The number of carbonyl (C=O) groups is 4. The van der Waals surface area contributed by atoms with E-state index in [1.165, 1.54) is 0 Å². The first-order valence-electron chi connectivity index (χ1n) is 8.58. The number of hydrogen-bond donors (Lipinski definition) is 2. The fourth-order valence-corrected chi connectivity index (χ4v) is 4.34. The molecule has 2 fully saturated rings. The largest absolute Gasteiger partial charge is 0.481 e. The smallest absolute Gasteiger partial charge is 0.307 e. The van der Waals surface area contributed by atoms with E-state index >= 15 is 0 Å². The van der Waals surface area contributed by atoms with Crippen molar-refractivity contribution in [2.75, 3.05) is 11.9 Å². The quantitative estimate of drug-likeness (QED) is 0.608. The number of amides is 3. The summed E-state index contributed by atoms with van der Waals surface area (Å²) in [6, 6.07) is 6.43. The summed E-state index contributed by atoms with van der Waals surface area (Å²) in [7, 11) is 0. The van der Waals surface area contributed by atoms with E-state index < -0.39 is 11.9 Å². The average Bonchev–Trinajstić information content (AvgIpc) is 3.26. The molecule has 1 aromatic carbocycles. The molecule has 0 spiro atoms. The number of carbonyl (C=O) groups excluding carboxylic acids is 3. The van der Waals surface area contributed by atoms with Crippen molar-refractivity contribution in [1.29, 1.82) is 0 Å². The molecule has 26 heavy (non-hydrogen) atoms. The molecule has 1 saturated heterocycles. The Morgan fingerprint density at radius 1 is 1.04 bits per heavy atom. The van der Waals surface area contributed by atoms with Gasteiger partial charge in [-0.25, -0.2) is 0 Å². The molecule has 0 unspecified atom stereocenters. The minimum Gasteiger partial charge on any atom is -0.481 e. The first-order chi connectivity index (χ1) is 12.4. The lowest BCUT2D eigenvalue weighted by atomic mass is 9.85. The third-order valence-electron chi connectivity index (χ3n) is 5.46. The molecule has 0 aromatic heterocycles. The minimum atomic E-state index is -0.929. The number of nitrogens with one attached hydrogen (secondary N) is 1. The molecule has 2 N–H and O–H groups in total. The van der Waals surface area contributed by atoms with Crippen LogP contribution in [0.1, 0.15) is 12.0 Å². The summed E-state index contributed by atoms with van der Waals surface area (Å²) in [5.74, 6) is -2.23. The molecule has 134 valence electrons. The first kappa shape index (κ1) is 16.5. The number of anilines is 1. The van der Waals surface area contributed by atoms with E-state index in [1.54, 1.807) is 24.3 Å². The van der Waals surface area contributed by atoms with Gasteiger partial charge in [-0.15, -0.1) is 0 Å². The van der Waals surface area contributed by atoms with Crippen molar-refractivity contribution < 1.29 is 24.3 Å². The van der Waals surface area contributed by atoms with Gasteiger partial charge in [0.05, 0.1) is 18.3 Å². The maximum atomic E-state index is 12.6. The van der Waals surface area contributed by atoms with Crippen LogP contribution < -0.4 is 5.32 Å². The second kappa shape index (κ2) is 6.09. The highest BCUT2D eigenvalue weighted by atomic mass is 16.4. The molecule has 3 amide bonds. The van der Waals surface area contributed by atoms with Crippen molar-refractivity contribution in [2.45, 2.75) is 12.8 Å². The molecule has 2 bridgehead atoms. The van der Waals surface area contributed by atoms with E-state index in [2.05, 4.69) is 5.32 Å². The maximum Gasteiger partial charge on any atom is 0.307 e. The van der Waals surface area contributed by atoms with Gasteiger partial charge in [-0.1, -0.05) is 24.3 Å². The van der Waals surface area contributed by atoms with Gasteiger partial charge >= 0.3 is 5.97 Å². The van der Waals surface area contributed by atoms with Crippen LogP contribution in [0.25, 0.3) is 0 Å². The standard InChI is InChI=1S/C19H18N2O5/c22-14(20-13-5-1-10(2-6-13)7-15(23)24)9-21-18(25)16-11-3-4-12(8-11)17(16)19(21)26/h1-6,11-12,16-17H,7-9H2,(H,20,22)(H,23,24)/t11-,12-,16-,17+/m0/s1. The summed E-state index contributed by atoms with van der Waals surface area (Å²) in [6.07, 6.45) is 4.79. The van der Waals surface area contributed by atoms with E-state index in [-0.39, 0.29) is 48.5 Å². The number of aliphatic carboxylic acids is 1. The summed E-state index contributed by atoms with van der Waals surface area (Å²) < 4.78 is 0. The second-order valence-corrected chi connectivity index (χ2v) is 7.08. The third-order valence-corrected chi connectivity index (χ3v) is 5.46. The summed E-state index contributed by atoms with van der Waals surface area (Å²) in [5.41, 5.74) is 1.11. The zero-order valence-corrected chi connectivity index (χ0v) is 13.9. The zero-order chi connectivity index (χ0) is 18.4. The molecule has 7 nitrogen and oxygen atoms in total. The van der Waals surface area contributed by atoms with Crippen LogP contribution in [0, 0.1) is 23.7 Å². The molecule has 7 heteroatoms. The topological polar surface area (TPSA) is 104 Å². The van der Waals surface area contributed by atoms with Crippen LogP contribution in [0.5, 0.6) is 0 Å². The molecular formula is C19H18N2O5. The molecule has 2 aliphatic carbocycles. The molecule has 4 rings (SSSR count). The summed E-state index contributed by atoms with van der Waals surface area (Å²) >= 11 is 0. The number of rotatable bonds is 5. The lowest BCUT2D eigenvalue weighted by Crippen LogP contribution is -2.39. The van der Waals surface area contributed by atoms with Gasteiger partial charge in [0, 0.05) is 5.69 Å². The lowest BCUT2D eigenvalue weighted by Gasteiger charge is -2.16. The van der Waals surface area contributed by atoms with Crippen LogP contribution in [-0.2, 0) is 25.6 Å². The lowest BCUT2D eigenvalue weighted by molar-refractivity contribution is -0.143. The van der Waals surface area contributed by atoms with E-state index in [4.69, 9.17) is 5.11 Å². The number of benzene rings is 1. The predicted octanol–water partition coefficient (Wildman–Crippen LogP) is 1.06. The number of likely N-dealkylation sites (tertiary alicyclic amines) is 1. The highest BCUT2D eigenvalue weighted by Gasteiger charge is 2.59. The first-order valence-corrected chi connectivity index (χ1v) is 8.58. The van der Waals surface area contributed by atoms with Crippen LogP contribution in [-0.4, -0.2) is 40.2 Å². The Labute approximate surface area is 149 Å². The van der Waals surface area contributed by atoms with Crippen LogP contribution in [0.2, 0.25) is 0 Å². The van der Waals surface area contributed by atoms with Crippen molar-refractivity contribution in [3.63, 3.8) is 0 Å². The SMILES string of the molecule is O=C(O)Cc1ccc(NC(=O)CN2C(=O)[C@@H]3[C@H](C2=O)[C@H]2C=C[C@H]3C2)cc1. The number of allylic oxidation sites excluding steroid dienone is 2. The molecule has 0 radical (unpaired) electrons. The normalized spacial score (nSPS) is 28.5. The fraction of sp³-hybridized carbons (Fsp3) is 0.368. The van der Waals surface area contributed by atoms with Gasteiger partial charge in [0.2, 0.25) is 17.7 Å². The van der Waals surface area contributed by atoms with E-state index in [0.29, 0.717) is 11.3 Å². The van der Waals surface area contributed by atoms with Crippen molar-refractivity contribution >= 4 is 29.4 Å². The van der Waals surface area contributed by atoms with Crippen molar-refractivity contribution in [3.05, 3.63) is 42.0 Å². The van der Waals surface area contributed by atoms with Crippen LogP contribution in [0.4, 0.5) is 5.69 Å².